The highest BCUT2D eigenvalue weighted by Gasteiger charge is 2.38. The van der Waals surface area contributed by atoms with Crippen LogP contribution in [0.1, 0.15) is 17.5 Å². The fourth-order valence-corrected chi connectivity index (χ4v) is 3.12. The summed E-state index contributed by atoms with van der Waals surface area (Å²) in [6, 6.07) is 2.05. The van der Waals surface area contributed by atoms with Gasteiger partial charge < -0.3 is 10.0 Å². The molecule has 1 aromatic rings. The van der Waals surface area contributed by atoms with Gasteiger partial charge in [0.2, 0.25) is 0 Å². The van der Waals surface area contributed by atoms with Crippen LogP contribution in [0.15, 0.2) is 18.3 Å². The zero-order chi connectivity index (χ0) is 13.6. The zero-order valence-corrected chi connectivity index (χ0v) is 11.4. The van der Waals surface area contributed by atoms with Crippen molar-refractivity contribution < 1.29 is 9.90 Å². The molecule has 0 saturated carbocycles. The average molecular weight is 279 g/mol. The number of carboxylic acid groups (broad SMARTS) is 1. The molecule has 2 atom stereocenters. The summed E-state index contributed by atoms with van der Waals surface area (Å²) < 4.78 is 0. The Labute approximate surface area is 116 Å². The predicted molar refractivity (Wildman–Crippen MR) is 73.2 cm³/mol. The quantitative estimate of drug-likeness (QED) is 0.803. The zero-order valence-electron chi connectivity index (χ0n) is 10.6. The summed E-state index contributed by atoms with van der Waals surface area (Å²) in [5.74, 6) is 0.768. The van der Waals surface area contributed by atoms with E-state index >= 15 is 0 Å². The molecule has 0 aromatic carbocycles. The van der Waals surface area contributed by atoms with E-state index in [1.54, 1.807) is 6.20 Å². The van der Waals surface area contributed by atoms with Gasteiger partial charge in [-0.25, -0.2) is 9.78 Å². The minimum Gasteiger partial charge on any atom is -0.465 e. The van der Waals surface area contributed by atoms with Crippen LogP contribution in [0.4, 0.5) is 4.79 Å². The third-order valence-electron chi connectivity index (χ3n) is 4.04. The lowest BCUT2D eigenvalue weighted by molar-refractivity contribution is 0.153. The lowest BCUT2D eigenvalue weighted by Gasteiger charge is -2.13. The molecular formula is C14H15ClN2O2. The van der Waals surface area contributed by atoms with Gasteiger partial charge in [0, 0.05) is 19.3 Å². The Kier molecular flexibility index (Phi) is 2.97. The molecule has 1 fully saturated rings. The highest BCUT2D eigenvalue weighted by atomic mass is 35.5. The van der Waals surface area contributed by atoms with E-state index in [-0.39, 0.29) is 0 Å². The SMILES string of the molecule is Cc1cc(C2=C[C@@H]3CN(C(=O)O)C[C@@H]3C2)cnc1Cl. The second-order valence-corrected chi connectivity index (χ2v) is 5.70. The van der Waals surface area contributed by atoms with Crippen LogP contribution in [0.3, 0.4) is 0 Å². The lowest BCUT2D eigenvalue weighted by Crippen LogP contribution is -2.27. The van der Waals surface area contributed by atoms with Crippen LogP contribution in [0, 0.1) is 18.8 Å². The second-order valence-electron chi connectivity index (χ2n) is 5.34. The number of likely N-dealkylation sites (tertiary alicyclic amines) is 1. The van der Waals surface area contributed by atoms with E-state index in [1.807, 2.05) is 6.92 Å². The maximum atomic E-state index is 10.9. The number of hydrogen-bond donors (Lipinski definition) is 1. The van der Waals surface area contributed by atoms with Gasteiger partial charge >= 0.3 is 6.09 Å². The molecule has 1 saturated heterocycles. The van der Waals surface area contributed by atoms with E-state index in [4.69, 9.17) is 16.7 Å². The Morgan fingerprint density at radius 1 is 1.53 bits per heavy atom. The molecule has 1 aromatic heterocycles. The van der Waals surface area contributed by atoms with Crippen molar-refractivity contribution in [2.45, 2.75) is 13.3 Å². The summed E-state index contributed by atoms with van der Waals surface area (Å²) in [4.78, 5) is 16.6. The van der Waals surface area contributed by atoms with E-state index in [1.165, 1.54) is 10.5 Å². The van der Waals surface area contributed by atoms with Crippen molar-refractivity contribution >= 4 is 23.3 Å². The van der Waals surface area contributed by atoms with Gasteiger partial charge in [0.05, 0.1) is 0 Å². The summed E-state index contributed by atoms with van der Waals surface area (Å²) in [7, 11) is 0. The number of pyridine rings is 1. The first-order valence-corrected chi connectivity index (χ1v) is 6.73. The van der Waals surface area contributed by atoms with E-state index in [9.17, 15) is 4.79 Å². The van der Waals surface area contributed by atoms with E-state index in [0.29, 0.717) is 30.1 Å². The van der Waals surface area contributed by atoms with E-state index in [0.717, 1.165) is 17.5 Å². The molecule has 1 aliphatic carbocycles. The number of aryl methyl sites for hydroxylation is 1. The summed E-state index contributed by atoms with van der Waals surface area (Å²) >= 11 is 5.93. The minimum atomic E-state index is -0.812. The first-order chi connectivity index (χ1) is 9.04. The Morgan fingerprint density at radius 2 is 2.32 bits per heavy atom. The molecule has 3 rings (SSSR count). The van der Waals surface area contributed by atoms with Crippen LogP contribution in [-0.4, -0.2) is 34.2 Å². The Balaban J connectivity index is 1.80. The number of allylic oxidation sites excluding steroid dienone is 1. The number of hydrogen-bond acceptors (Lipinski definition) is 2. The number of aromatic nitrogens is 1. The number of amides is 1. The molecule has 100 valence electrons. The summed E-state index contributed by atoms with van der Waals surface area (Å²) in [6.07, 6.45) is 4.13. The smallest absolute Gasteiger partial charge is 0.407 e. The van der Waals surface area contributed by atoms with Crippen LogP contribution in [0.25, 0.3) is 5.57 Å². The molecular weight excluding hydrogens is 264 g/mol. The van der Waals surface area contributed by atoms with Gasteiger partial charge in [-0.2, -0.15) is 0 Å². The predicted octanol–water partition coefficient (Wildman–Crippen LogP) is 3.06. The van der Waals surface area contributed by atoms with Gasteiger partial charge in [-0.05, 0) is 47.9 Å². The molecule has 1 aliphatic heterocycles. The van der Waals surface area contributed by atoms with Gasteiger partial charge in [-0.1, -0.05) is 17.7 Å². The molecule has 2 aliphatic rings. The average Bonchev–Trinajstić information content (AvgIpc) is 2.90. The molecule has 1 N–H and O–H groups in total. The van der Waals surface area contributed by atoms with E-state index < -0.39 is 6.09 Å². The fourth-order valence-electron chi connectivity index (χ4n) is 3.01. The van der Waals surface area contributed by atoms with Crippen LogP contribution in [0.5, 0.6) is 0 Å². The van der Waals surface area contributed by atoms with Crippen molar-refractivity contribution in [2.75, 3.05) is 13.1 Å². The Hall–Kier alpha value is -1.55. The number of halogens is 1. The lowest BCUT2D eigenvalue weighted by atomic mass is 9.98. The number of rotatable bonds is 1. The van der Waals surface area contributed by atoms with Gasteiger partial charge in [-0.3, -0.25) is 0 Å². The van der Waals surface area contributed by atoms with Crippen molar-refractivity contribution in [1.29, 1.82) is 0 Å². The molecule has 0 bridgehead atoms. The minimum absolute atomic E-state index is 0.349. The largest absolute Gasteiger partial charge is 0.465 e. The molecule has 19 heavy (non-hydrogen) atoms. The van der Waals surface area contributed by atoms with Crippen LogP contribution in [-0.2, 0) is 0 Å². The third kappa shape index (κ3) is 2.21. The summed E-state index contributed by atoms with van der Waals surface area (Å²) in [5.41, 5.74) is 3.36. The number of fused-ring (bicyclic) bond motifs is 1. The van der Waals surface area contributed by atoms with E-state index in [2.05, 4.69) is 17.1 Å². The number of nitrogens with zero attached hydrogens (tertiary/aromatic N) is 2. The maximum absolute atomic E-state index is 10.9. The summed E-state index contributed by atoms with van der Waals surface area (Å²) in [6.45, 7) is 3.20. The van der Waals surface area contributed by atoms with Crippen molar-refractivity contribution in [1.82, 2.24) is 9.88 Å². The molecule has 4 nitrogen and oxygen atoms in total. The second kappa shape index (κ2) is 4.53. The fraction of sp³-hybridized carbons (Fsp3) is 0.429. The molecule has 0 spiro atoms. The first kappa shape index (κ1) is 12.5. The molecule has 1 amide bonds. The molecule has 5 heteroatoms. The first-order valence-electron chi connectivity index (χ1n) is 6.35. The third-order valence-corrected chi connectivity index (χ3v) is 4.44. The maximum Gasteiger partial charge on any atom is 0.407 e. The standard InChI is InChI=1S/C14H15ClN2O2/c1-8-2-10(5-16-13(8)15)9-3-11-6-17(14(18)19)7-12(11)4-9/h2-3,5,11-12H,4,6-7H2,1H3,(H,18,19)/t11-,12+/m1/s1. The van der Waals surface area contributed by atoms with Gasteiger partial charge in [-0.15, -0.1) is 0 Å². The van der Waals surface area contributed by atoms with Crippen molar-refractivity contribution in [3.8, 4) is 0 Å². The van der Waals surface area contributed by atoms with Crippen LogP contribution in [0.2, 0.25) is 5.15 Å². The Morgan fingerprint density at radius 3 is 2.95 bits per heavy atom. The Bertz CT molecular complexity index is 571. The van der Waals surface area contributed by atoms with Crippen LogP contribution < -0.4 is 0 Å². The van der Waals surface area contributed by atoms with Crippen molar-refractivity contribution in [3.63, 3.8) is 0 Å². The van der Waals surface area contributed by atoms with Crippen molar-refractivity contribution in [3.05, 3.63) is 34.6 Å². The highest BCUT2D eigenvalue weighted by Crippen LogP contribution is 2.41. The monoisotopic (exact) mass is 278 g/mol. The number of carbonyl (C=O) groups is 1. The summed E-state index contributed by atoms with van der Waals surface area (Å²) in [5, 5.41) is 9.54. The molecule has 0 unspecified atom stereocenters. The highest BCUT2D eigenvalue weighted by molar-refractivity contribution is 6.30. The topological polar surface area (TPSA) is 53.4 Å². The van der Waals surface area contributed by atoms with Gasteiger partial charge in [0.15, 0.2) is 0 Å². The molecule has 2 heterocycles. The van der Waals surface area contributed by atoms with Gasteiger partial charge in [0.25, 0.3) is 0 Å². The van der Waals surface area contributed by atoms with Crippen LogP contribution >= 0.6 is 11.6 Å². The normalized spacial score (nSPS) is 25.4. The molecule has 0 radical (unpaired) electrons. The van der Waals surface area contributed by atoms with Gasteiger partial charge in [0.1, 0.15) is 5.15 Å². The van der Waals surface area contributed by atoms with Crippen molar-refractivity contribution in [2.24, 2.45) is 11.8 Å².